The molecule has 0 atom stereocenters. The first-order valence-electron chi connectivity index (χ1n) is 8.63. The number of esters is 1. The first-order valence-corrected chi connectivity index (χ1v) is 10.4. The van der Waals surface area contributed by atoms with E-state index < -0.39 is 34.2 Å². The topological polar surface area (TPSA) is 90.0 Å². The van der Waals surface area contributed by atoms with Crippen LogP contribution in [0.25, 0.3) is 0 Å². The number of ketones is 1. The molecular weight excluding hydrogens is 425 g/mol. The first-order chi connectivity index (χ1) is 13.8. The van der Waals surface area contributed by atoms with Crippen LogP contribution < -0.4 is 0 Å². The van der Waals surface area contributed by atoms with Crippen LogP contribution >= 0.6 is 11.6 Å². The highest BCUT2D eigenvalue weighted by molar-refractivity contribution is 7.89. The molecule has 10 heteroatoms. The van der Waals surface area contributed by atoms with Crippen molar-refractivity contribution < 1.29 is 31.9 Å². The molecular formula is C19H17ClFNO6S. The van der Waals surface area contributed by atoms with E-state index in [1.54, 1.807) is 0 Å². The molecule has 0 amide bonds. The molecule has 1 aliphatic heterocycles. The molecule has 0 bridgehead atoms. The van der Waals surface area contributed by atoms with E-state index >= 15 is 0 Å². The molecule has 1 fully saturated rings. The highest BCUT2D eigenvalue weighted by atomic mass is 35.5. The molecule has 0 radical (unpaired) electrons. The van der Waals surface area contributed by atoms with Gasteiger partial charge in [0.25, 0.3) is 0 Å². The Kier molecular flexibility index (Phi) is 6.63. The summed E-state index contributed by atoms with van der Waals surface area (Å²) in [7, 11) is -3.93. The molecule has 7 nitrogen and oxygen atoms in total. The molecule has 0 N–H and O–H groups in total. The molecule has 0 aliphatic carbocycles. The van der Waals surface area contributed by atoms with Gasteiger partial charge in [-0.3, -0.25) is 4.79 Å². The predicted octanol–water partition coefficient (Wildman–Crippen LogP) is 2.54. The number of benzene rings is 2. The summed E-state index contributed by atoms with van der Waals surface area (Å²) >= 11 is 6.04. The van der Waals surface area contributed by atoms with E-state index in [1.165, 1.54) is 34.6 Å². The van der Waals surface area contributed by atoms with E-state index in [1.807, 2.05) is 0 Å². The molecule has 2 aromatic rings. The van der Waals surface area contributed by atoms with Crippen molar-refractivity contribution in [1.29, 1.82) is 0 Å². The largest absolute Gasteiger partial charge is 0.454 e. The highest BCUT2D eigenvalue weighted by Crippen LogP contribution is 2.27. The average Bonchev–Trinajstić information content (AvgIpc) is 2.73. The Morgan fingerprint density at radius 1 is 1.14 bits per heavy atom. The number of sulfonamides is 1. The van der Waals surface area contributed by atoms with Crippen molar-refractivity contribution in [3.05, 3.63) is 64.4 Å². The van der Waals surface area contributed by atoms with Crippen LogP contribution in [0.4, 0.5) is 4.39 Å². The zero-order valence-electron chi connectivity index (χ0n) is 15.1. The number of Topliss-reactive ketones (excluding diaryl/α,β-unsaturated/α-hetero) is 1. The monoisotopic (exact) mass is 441 g/mol. The maximum atomic E-state index is 13.6. The van der Waals surface area contributed by atoms with Gasteiger partial charge < -0.3 is 9.47 Å². The number of ether oxygens (including phenoxy) is 2. The van der Waals surface area contributed by atoms with Crippen LogP contribution in [0.15, 0.2) is 47.4 Å². The zero-order valence-corrected chi connectivity index (χ0v) is 16.7. The number of halogens is 2. The van der Waals surface area contributed by atoms with Crippen LogP contribution in [0.5, 0.6) is 0 Å². The van der Waals surface area contributed by atoms with Crippen molar-refractivity contribution >= 4 is 33.4 Å². The molecule has 0 aromatic heterocycles. The summed E-state index contributed by atoms with van der Waals surface area (Å²) < 4.78 is 50.5. The third-order valence-corrected chi connectivity index (χ3v) is 6.64. The van der Waals surface area contributed by atoms with E-state index in [9.17, 15) is 22.4 Å². The fourth-order valence-electron chi connectivity index (χ4n) is 2.73. The molecule has 1 heterocycles. The minimum absolute atomic E-state index is 0.0459. The van der Waals surface area contributed by atoms with Crippen molar-refractivity contribution in [2.45, 2.75) is 4.90 Å². The molecule has 3 rings (SSSR count). The smallest absolute Gasteiger partial charge is 0.338 e. The van der Waals surface area contributed by atoms with E-state index in [-0.39, 0.29) is 47.3 Å². The number of nitrogens with zero attached hydrogens (tertiary/aromatic N) is 1. The van der Waals surface area contributed by atoms with Crippen molar-refractivity contribution in [3.63, 3.8) is 0 Å². The van der Waals surface area contributed by atoms with E-state index in [4.69, 9.17) is 21.1 Å². The van der Waals surface area contributed by atoms with Crippen LogP contribution in [-0.2, 0) is 19.5 Å². The first kappa shape index (κ1) is 21.4. The van der Waals surface area contributed by atoms with Gasteiger partial charge in [-0.25, -0.2) is 17.6 Å². The van der Waals surface area contributed by atoms with Gasteiger partial charge in [-0.05, 0) is 30.3 Å². The predicted molar refractivity (Wildman–Crippen MR) is 102 cm³/mol. The van der Waals surface area contributed by atoms with Crippen LogP contribution in [0, 0.1) is 5.82 Å². The van der Waals surface area contributed by atoms with Gasteiger partial charge in [0, 0.05) is 13.1 Å². The SMILES string of the molecule is O=C(OCC(=O)c1ccccc1F)c1ccc(Cl)c(S(=O)(=O)N2CCOCC2)c1. The average molecular weight is 442 g/mol. The number of carbonyl (C=O) groups excluding carboxylic acids is 2. The molecule has 1 saturated heterocycles. The fraction of sp³-hybridized carbons (Fsp3) is 0.263. The van der Waals surface area contributed by atoms with Crippen molar-refractivity contribution in [2.24, 2.45) is 0 Å². The van der Waals surface area contributed by atoms with Crippen LogP contribution in [0.1, 0.15) is 20.7 Å². The van der Waals surface area contributed by atoms with Gasteiger partial charge in [-0.2, -0.15) is 4.31 Å². The Bertz CT molecular complexity index is 1040. The molecule has 0 spiro atoms. The lowest BCUT2D eigenvalue weighted by Gasteiger charge is -2.26. The van der Waals surface area contributed by atoms with Crippen molar-refractivity contribution in [1.82, 2.24) is 4.31 Å². The van der Waals surface area contributed by atoms with E-state index in [0.717, 1.165) is 12.1 Å². The summed E-state index contributed by atoms with van der Waals surface area (Å²) in [6.45, 7) is 0.177. The summed E-state index contributed by atoms with van der Waals surface area (Å²) in [6, 6.07) is 8.98. The lowest BCUT2D eigenvalue weighted by Crippen LogP contribution is -2.40. The third-order valence-electron chi connectivity index (χ3n) is 4.26. The van der Waals surface area contributed by atoms with Gasteiger partial charge in [0.15, 0.2) is 6.61 Å². The Hall–Kier alpha value is -2.33. The second-order valence-electron chi connectivity index (χ2n) is 6.14. The number of hydrogen-bond acceptors (Lipinski definition) is 6. The Labute approximate surface area is 172 Å². The Balaban J connectivity index is 1.76. The van der Waals surface area contributed by atoms with Gasteiger partial charge in [-0.15, -0.1) is 0 Å². The van der Waals surface area contributed by atoms with E-state index in [0.29, 0.717) is 0 Å². The second kappa shape index (κ2) is 9.00. The summed E-state index contributed by atoms with van der Waals surface area (Å²) in [6.07, 6.45) is 0. The molecule has 0 unspecified atom stereocenters. The fourth-order valence-corrected chi connectivity index (χ4v) is 4.64. The number of morpholine rings is 1. The molecule has 1 aliphatic rings. The summed E-state index contributed by atoms with van der Waals surface area (Å²) in [4.78, 5) is 24.1. The van der Waals surface area contributed by atoms with Gasteiger partial charge in [0.2, 0.25) is 15.8 Å². The molecule has 0 saturated carbocycles. The standard InChI is InChI=1S/C19H17ClFNO6S/c20-15-6-5-13(11-18(15)29(25,26)22-7-9-27-10-8-22)19(24)28-12-17(23)14-3-1-2-4-16(14)21/h1-6,11H,7-10,12H2. The zero-order chi connectivity index (χ0) is 21.0. The molecule has 29 heavy (non-hydrogen) atoms. The van der Waals surface area contributed by atoms with Gasteiger partial charge in [0.05, 0.1) is 29.4 Å². The maximum absolute atomic E-state index is 13.6. The van der Waals surface area contributed by atoms with Gasteiger partial charge >= 0.3 is 5.97 Å². The minimum atomic E-state index is -3.93. The van der Waals surface area contributed by atoms with E-state index in [2.05, 4.69) is 0 Å². The molecule has 154 valence electrons. The lowest BCUT2D eigenvalue weighted by molar-refractivity contribution is 0.0473. The Morgan fingerprint density at radius 2 is 1.83 bits per heavy atom. The number of carbonyl (C=O) groups is 2. The van der Waals surface area contributed by atoms with Crippen molar-refractivity contribution in [3.8, 4) is 0 Å². The number of rotatable bonds is 6. The van der Waals surface area contributed by atoms with Crippen molar-refractivity contribution in [2.75, 3.05) is 32.9 Å². The maximum Gasteiger partial charge on any atom is 0.338 e. The van der Waals surface area contributed by atoms with Crippen LogP contribution in [0.3, 0.4) is 0 Å². The van der Waals surface area contributed by atoms with Gasteiger partial charge in [0.1, 0.15) is 10.7 Å². The minimum Gasteiger partial charge on any atom is -0.454 e. The van der Waals surface area contributed by atoms with Crippen LogP contribution in [0.2, 0.25) is 5.02 Å². The summed E-state index contributed by atoms with van der Waals surface area (Å²) in [5.74, 6) is -2.37. The second-order valence-corrected chi connectivity index (χ2v) is 8.45. The molecule has 2 aromatic carbocycles. The quantitative estimate of drug-likeness (QED) is 0.505. The third kappa shape index (κ3) is 4.81. The normalized spacial score (nSPS) is 15.1. The Morgan fingerprint density at radius 3 is 2.52 bits per heavy atom. The summed E-state index contributed by atoms with van der Waals surface area (Å²) in [5.41, 5.74) is -0.297. The lowest BCUT2D eigenvalue weighted by atomic mass is 10.1. The number of hydrogen-bond donors (Lipinski definition) is 0. The summed E-state index contributed by atoms with van der Waals surface area (Å²) in [5, 5.41) is -0.0459. The van der Waals surface area contributed by atoms with Gasteiger partial charge in [-0.1, -0.05) is 23.7 Å². The highest BCUT2D eigenvalue weighted by Gasteiger charge is 2.29. The van der Waals surface area contributed by atoms with Crippen LogP contribution in [-0.4, -0.2) is 57.4 Å².